The van der Waals surface area contributed by atoms with Crippen molar-refractivity contribution in [3.8, 4) is 0 Å². The second-order valence-electron chi connectivity index (χ2n) is 2.62. The van der Waals surface area contributed by atoms with E-state index >= 15 is 0 Å². The van der Waals surface area contributed by atoms with Gasteiger partial charge >= 0.3 is 8.25 Å². The van der Waals surface area contributed by atoms with Gasteiger partial charge in [0.2, 0.25) is 6.79 Å². The first-order chi connectivity index (χ1) is 7.18. The predicted octanol–water partition coefficient (Wildman–Crippen LogP) is 1.71. The van der Waals surface area contributed by atoms with E-state index in [9.17, 15) is 4.57 Å². The zero-order valence-electron chi connectivity index (χ0n) is 9.35. The molecular weight excluding hydrogens is 221 g/mol. The minimum absolute atomic E-state index is 0.184. The number of hydrogen-bond acceptors (Lipinski definition) is 5. The van der Waals surface area contributed by atoms with Crippen LogP contribution in [0.3, 0.4) is 0 Å². The molecule has 1 unspecified atom stereocenters. The summed E-state index contributed by atoms with van der Waals surface area (Å²) in [7, 11) is -2.56. The minimum Gasteiger partial charge on any atom is -0.350 e. The summed E-state index contributed by atoms with van der Waals surface area (Å²) in [5.74, 6) is 4.72. The van der Waals surface area contributed by atoms with Gasteiger partial charge in [-0.25, -0.2) is 5.90 Å². The summed E-state index contributed by atoms with van der Waals surface area (Å²) < 4.78 is 18.8. The lowest BCUT2D eigenvalue weighted by atomic mass is 10.4. The van der Waals surface area contributed by atoms with E-state index in [2.05, 4.69) is 23.2 Å². The number of ether oxygens (including phenoxy) is 1. The van der Waals surface area contributed by atoms with Crippen molar-refractivity contribution in [2.45, 2.75) is 33.1 Å². The van der Waals surface area contributed by atoms with E-state index in [1.807, 2.05) is 0 Å². The molecule has 0 aromatic heterocycles. The Morgan fingerprint density at radius 2 is 1.87 bits per heavy atom. The predicted molar refractivity (Wildman–Crippen MR) is 57.1 cm³/mol. The molecule has 7 heteroatoms. The van der Waals surface area contributed by atoms with Crippen molar-refractivity contribution in [1.82, 2.24) is 0 Å². The maximum atomic E-state index is 9.89. The van der Waals surface area contributed by atoms with Crippen LogP contribution in [0.25, 0.3) is 0 Å². The monoisotopic (exact) mass is 242 g/mol. The number of rotatable bonds is 8. The second-order valence-corrected chi connectivity index (χ2v) is 3.35. The third-order valence-electron chi connectivity index (χ3n) is 1.30. The lowest BCUT2D eigenvalue weighted by Gasteiger charge is -1.97. The van der Waals surface area contributed by atoms with Crippen LogP contribution in [0.4, 0.5) is 0 Å². The normalized spacial score (nSPS) is 10.5. The smallest absolute Gasteiger partial charge is 0.350 e. The fourth-order valence-electron chi connectivity index (χ4n) is 0.386. The molecule has 0 aliphatic carbocycles. The average Bonchev–Trinajstić information content (AvgIpc) is 2.23. The Morgan fingerprint density at radius 1 is 1.27 bits per heavy atom. The Kier molecular flexibility index (Phi) is 18.8. The van der Waals surface area contributed by atoms with Gasteiger partial charge in [-0.1, -0.05) is 31.2 Å². The van der Waals surface area contributed by atoms with E-state index in [4.69, 9.17) is 15.5 Å². The maximum Gasteiger partial charge on any atom is 0.697 e. The first kappa shape index (κ1) is 17.3. The SMILES string of the molecule is CCCC.NOCCCOCO[P+](=O)O. The lowest BCUT2D eigenvalue weighted by molar-refractivity contribution is 0.00274. The first-order valence-electron chi connectivity index (χ1n) is 4.87. The number of nitrogens with two attached hydrogens (primary N) is 1. The highest BCUT2D eigenvalue weighted by molar-refractivity contribution is 7.32. The van der Waals surface area contributed by atoms with Gasteiger partial charge in [0.25, 0.3) is 0 Å². The van der Waals surface area contributed by atoms with Gasteiger partial charge in [-0.05, 0) is 6.42 Å². The summed E-state index contributed by atoms with van der Waals surface area (Å²) in [5, 5.41) is 0. The molecule has 0 aromatic rings. The van der Waals surface area contributed by atoms with Crippen molar-refractivity contribution >= 4 is 8.25 Å². The molecule has 0 heterocycles. The molecule has 0 saturated heterocycles. The van der Waals surface area contributed by atoms with Crippen LogP contribution in [0.2, 0.25) is 0 Å². The molecule has 1 atom stereocenters. The van der Waals surface area contributed by atoms with Crippen LogP contribution in [-0.2, 0) is 18.7 Å². The highest BCUT2D eigenvalue weighted by Crippen LogP contribution is 2.13. The molecule has 0 aromatic carbocycles. The summed E-state index contributed by atoms with van der Waals surface area (Å²) in [6.45, 7) is 4.96. The molecule has 0 spiro atoms. The fraction of sp³-hybridized carbons (Fsp3) is 1.00. The van der Waals surface area contributed by atoms with Crippen molar-refractivity contribution in [2.24, 2.45) is 5.90 Å². The Morgan fingerprint density at radius 3 is 2.27 bits per heavy atom. The van der Waals surface area contributed by atoms with E-state index in [-0.39, 0.29) is 6.79 Å². The van der Waals surface area contributed by atoms with Gasteiger partial charge in [-0.2, -0.15) is 0 Å². The summed E-state index contributed by atoms with van der Waals surface area (Å²) in [6, 6.07) is 0. The van der Waals surface area contributed by atoms with Gasteiger partial charge in [0.05, 0.1) is 13.2 Å². The molecule has 3 N–H and O–H groups in total. The molecule has 6 nitrogen and oxygen atoms in total. The molecule has 0 radical (unpaired) electrons. The van der Waals surface area contributed by atoms with Crippen LogP contribution in [0, 0.1) is 0 Å². The quantitative estimate of drug-likeness (QED) is 0.291. The summed E-state index contributed by atoms with van der Waals surface area (Å²) in [6.07, 6.45) is 3.27. The van der Waals surface area contributed by atoms with Crippen LogP contribution in [0.1, 0.15) is 33.1 Å². The van der Waals surface area contributed by atoms with Crippen molar-refractivity contribution in [3.05, 3.63) is 0 Å². The Balaban J connectivity index is 0. The van der Waals surface area contributed by atoms with Gasteiger partial charge in [-0.3, -0.25) is 0 Å². The van der Waals surface area contributed by atoms with E-state index in [1.165, 1.54) is 12.8 Å². The zero-order valence-corrected chi connectivity index (χ0v) is 10.2. The van der Waals surface area contributed by atoms with Gasteiger partial charge < -0.3 is 9.57 Å². The van der Waals surface area contributed by atoms with Crippen molar-refractivity contribution in [3.63, 3.8) is 0 Å². The third-order valence-corrected chi connectivity index (χ3v) is 1.62. The van der Waals surface area contributed by atoms with Crippen LogP contribution in [-0.4, -0.2) is 24.9 Å². The average molecular weight is 242 g/mol. The van der Waals surface area contributed by atoms with Gasteiger partial charge in [-0.15, -0.1) is 4.89 Å². The largest absolute Gasteiger partial charge is 0.697 e. The number of hydrogen-bond donors (Lipinski definition) is 2. The third kappa shape index (κ3) is 24.9. The molecular formula is C8H21NO5P+. The zero-order chi connectivity index (χ0) is 11.9. The molecule has 0 bridgehead atoms. The Hall–Kier alpha value is -0.100. The first-order valence-corrected chi connectivity index (χ1v) is 6.00. The van der Waals surface area contributed by atoms with Crippen LogP contribution in [0.15, 0.2) is 0 Å². The molecule has 92 valence electrons. The number of unbranched alkanes of at least 4 members (excludes halogenated alkanes) is 1. The molecule has 0 fully saturated rings. The Labute approximate surface area is 91.6 Å². The minimum atomic E-state index is -2.56. The van der Waals surface area contributed by atoms with Gasteiger partial charge in [0.1, 0.15) is 0 Å². The van der Waals surface area contributed by atoms with Crippen LogP contribution in [0.5, 0.6) is 0 Å². The molecule has 0 rings (SSSR count). The Bertz CT molecular complexity index is 134. The lowest BCUT2D eigenvalue weighted by Crippen LogP contribution is -2.05. The standard InChI is InChI=1S/C4H10NO5P.C4H10/c5-9-3-1-2-8-4-10-11(6)7;1-3-4-2/h1-5H2;3-4H2,1-2H3/p+1. The summed E-state index contributed by atoms with van der Waals surface area (Å²) >= 11 is 0. The maximum absolute atomic E-state index is 9.89. The fourth-order valence-corrected chi connectivity index (χ4v) is 0.550. The van der Waals surface area contributed by atoms with Crippen molar-refractivity contribution in [1.29, 1.82) is 0 Å². The second kappa shape index (κ2) is 16.3. The van der Waals surface area contributed by atoms with Crippen LogP contribution < -0.4 is 5.90 Å². The molecule has 15 heavy (non-hydrogen) atoms. The van der Waals surface area contributed by atoms with E-state index in [0.717, 1.165) is 0 Å². The topological polar surface area (TPSA) is 91.0 Å². The van der Waals surface area contributed by atoms with Gasteiger partial charge in [0, 0.05) is 4.57 Å². The van der Waals surface area contributed by atoms with E-state index < -0.39 is 8.25 Å². The molecule has 0 amide bonds. The molecule has 0 saturated carbocycles. The van der Waals surface area contributed by atoms with E-state index in [1.54, 1.807) is 0 Å². The summed E-state index contributed by atoms with van der Waals surface area (Å²) in [4.78, 5) is 12.4. The highest BCUT2D eigenvalue weighted by atomic mass is 31.1. The molecule has 0 aliphatic rings. The summed E-state index contributed by atoms with van der Waals surface area (Å²) in [5.41, 5.74) is 0. The van der Waals surface area contributed by atoms with Crippen LogP contribution >= 0.6 is 8.25 Å². The van der Waals surface area contributed by atoms with Gasteiger partial charge in [0.15, 0.2) is 0 Å². The van der Waals surface area contributed by atoms with Crippen molar-refractivity contribution < 1.29 is 23.6 Å². The van der Waals surface area contributed by atoms with Crippen molar-refractivity contribution in [2.75, 3.05) is 20.0 Å². The highest BCUT2D eigenvalue weighted by Gasteiger charge is 2.10. The molecule has 0 aliphatic heterocycles. The van der Waals surface area contributed by atoms with E-state index in [0.29, 0.717) is 19.6 Å².